The lowest BCUT2D eigenvalue weighted by atomic mass is 9.78. The summed E-state index contributed by atoms with van der Waals surface area (Å²) in [5.41, 5.74) is 0.544. The average molecular weight is 360 g/mol. The van der Waals surface area contributed by atoms with Crippen molar-refractivity contribution in [3.63, 3.8) is 0 Å². The molecule has 1 aromatic carbocycles. The second kappa shape index (κ2) is 7.59. The Kier molecular flexibility index (Phi) is 5.45. The fourth-order valence-corrected chi connectivity index (χ4v) is 4.97. The van der Waals surface area contributed by atoms with Gasteiger partial charge in [-0.05, 0) is 55.9 Å². The van der Waals surface area contributed by atoms with Gasteiger partial charge in [-0.15, -0.1) is 6.42 Å². The van der Waals surface area contributed by atoms with E-state index < -0.39 is 10.0 Å². The van der Waals surface area contributed by atoms with Gasteiger partial charge >= 0.3 is 0 Å². The molecule has 0 unspecified atom stereocenters. The van der Waals surface area contributed by atoms with Crippen LogP contribution >= 0.6 is 0 Å². The van der Waals surface area contributed by atoms with Crippen molar-refractivity contribution in [1.82, 2.24) is 9.62 Å². The van der Waals surface area contributed by atoms with Crippen molar-refractivity contribution in [3.8, 4) is 12.3 Å². The van der Waals surface area contributed by atoms with E-state index in [1.807, 2.05) is 4.90 Å². The molecule has 1 saturated heterocycles. The fourth-order valence-electron chi connectivity index (χ4n) is 4.04. The molecule has 2 aliphatic rings. The number of piperidine rings is 1. The maximum absolute atomic E-state index is 12.9. The SMILES string of the molecule is C#CCNS(=O)(=O)c1ccc(C(=O)N2CCC[C@@H]3CCCC[C@H]32)cc1. The number of sulfonamides is 1. The maximum Gasteiger partial charge on any atom is 0.254 e. The Hall–Kier alpha value is -1.84. The van der Waals surface area contributed by atoms with E-state index in [-0.39, 0.29) is 17.3 Å². The van der Waals surface area contributed by atoms with Crippen LogP contribution in [0.1, 0.15) is 48.9 Å². The summed E-state index contributed by atoms with van der Waals surface area (Å²) in [5.74, 6) is 2.88. The van der Waals surface area contributed by atoms with Crippen LogP contribution in [0.4, 0.5) is 0 Å². The van der Waals surface area contributed by atoms with Crippen LogP contribution in [-0.2, 0) is 10.0 Å². The molecule has 0 aromatic heterocycles. The molecule has 2 fully saturated rings. The van der Waals surface area contributed by atoms with Crippen molar-refractivity contribution in [3.05, 3.63) is 29.8 Å². The molecule has 1 aromatic rings. The predicted molar refractivity (Wildman–Crippen MR) is 96.5 cm³/mol. The molecule has 1 saturated carbocycles. The summed E-state index contributed by atoms with van der Waals surface area (Å²) < 4.78 is 26.4. The first-order chi connectivity index (χ1) is 12.0. The zero-order valence-corrected chi connectivity index (χ0v) is 15.1. The maximum atomic E-state index is 12.9. The molecule has 134 valence electrons. The Balaban J connectivity index is 1.75. The zero-order chi connectivity index (χ0) is 17.9. The summed E-state index contributed by atoms with van der Waals surface area (Å²) in [6.07, 6.45) is 12.1. The number of terminal acetylenes is 1. The predicted octanol–water partition coefficient (Wildman–Crippen LogP) is 2.39. The Labute approximate surface area is 149 Å². The Morgan fingerprint density at radius 2 is 1.84 bits per heavy atom. The van der Waals surface area contributed by atoms with E-state index in [4.69, 9.17) is 6.42 Å². The van der Waals surface area contributed by atoms with Gasteiger partial charge < -0.3 is 4.90 Å². The highest BCUT2D eigenvalue weighted by Gasteiger charge is 2.35. The van der Waals surface area contributed by atoms with Crippen molar-refractivity contribution in [1.29, 1.82) is 0 Å². The van der Waals surface area contributed by atoms with Crippen molar-refractivity contribution in [2.45, 2.75) is 49.5 Å². The van der Waals surface area contributed by atoms with Gasteiger partial charge in [0.1, 0.15) is 0 Å². The number of benzene rings is 1. The second-order valence-electron chi connectivity index (χ2n) is 6.81. The third kappa shape index (κ3) is 3.88. The molecule has 5 nitrogen and oxygen atoms in total. The van der Waals surface area contributed by atoms with Gasteiger partial charge in [0, 0.05) is 18.2 Å². The largest absolute Gasteiger partial charge is 0.335 e. The quantitative estimate of drug-likeness (QED) is 0.839. The molecule has 3 rings (SSSR count). The number of hydrogen-bond acceptors (Lipinski definition) is 3. The zero-order valence-electron chi connectivity index (χ0n) is 14.3. The molecule has 0 radical (unpaired) electrons. The first kappa shape index (κ1) is 18.0. The number of fused-ring (bicyclic) bond motifs is 1. The summed E-state index contributed by atoms with van der Waals surface area (Å²) in [7, 11) is -3.63. The summed E-state index contributed by atoms with van der Waals surface area (Å²) in [6, 6.07) is 6.47. The van der Waals surface area contributed by atoms with Gasteiger partial charge in [-0.2, -0.15) is 4.72 Å². The van der Waals surface area contributed by atoms with Gasteiger partial charge in [0.05, 0.1) is 11.4 Å². The summed E-state index contributed by atoms with van der Waals surface area (Å²) in [4.78, 5) is 15.0. The molecule has 25 heavy (non-hydrogen) atoms. The van der Waals surface area contributed by atoms with E-state index in [1.165, 1.54) is 37.8 Å². The molecule has 1 N–H and O–H groups in total. The number of nitrogens with one attached hydrogen (secondary N) is 1. The minimum Gasteiger partial charge on any atom is -0.335 e. The van der Waals surface area contributed by atoms with Gasteiger partial charge in [-0.25, -0.2) is 8.42 Å². The highest BCUT2D eigenvalue weighted by molar-refractivity contribution is 7.89. The van der Waals surface area contributed by atoms with Gasteiger partial charge in [0.2, 0.25) is 10.0 Å². The molecule has 0 spiro atoms. The lowest BCUT2D eigenvalue weighted by Crippen LogP contribution is -2.49. The molecule has 1 heterocycles. The topological polar surface area (TPSA) is 66.5 Å². The minimum absolute atomic E-state index is 0.0112. The van der Waals surface area contributed by atoms with Crippen molar-refractivity contribution >= 4 is 15.9 Å². The monoisotopic (exact) mass is 360 g/mol. The molecule has 1 aliphatic heterocycles. The van der Waals surface area contributed by atoms with E-state index in [1.54, 1.807) is 12.1 Å². The van der Waals surface area contributed by atoms with Crippen molar-refractivity contribution in [2.75, 3.05) is 13.1 Å². The van der Waals surface area contributed by atoms with Crippen LogP contribution in [0, 0.1) is 18.3 Å². The Morgan fingerprint density at radius 1 is 1.16 bits per heavy atom. The molecule has 1 amide bonds. The standard InChI is InChI=1S/C19H24N2O3S/c1-2-13-20-25(23,24)17-11-9-16(10-12-17)19(22)21-14-5-7-15-6-3-4-8-18(15)21/h1,9-12,15,18,20H,3-8,13-14H2/t15-,18+/m0/s1. The van der Waals surface area contributed by atoms with Crippen LogP contribution in [-0.4, -0.2) is 38.4 Å². The minimum atomic E-state index is -3.63. The number of likely N-dealkylation sites (tertiary alicyclic amines) is 1. The number of hydrogen-bond donors (Lipinski definition) is 1. The normalized spacial score (nSPS) is 23.6. The van der Waals surface area contributed by atoms with Crippen LogP contribution in [0.25, 0.3) is 0 Å². The Bertz CT molecular complexity index is 763. The molecule has 0 bridgehead atoms. The van der Waals surface area contributed by atoms with Crippen molar-refractivity contribution in [2.24, 2.45) is 5.92 Å². The fraction of sp³-hybridized carbons (Fsp3) is 0.526. The average Bonchev–Trinajstić information content (AvgIpc) is 2.65. The lowest BCUT2D eigenvalue weighted by molar-refractivity contribution is 0.0390. The van der Waals surface area contributed by atoms with E-state index in [9.17, 15) is 13.2 Å². The van der Waals surface area contributed by atoms with Crippen LogP contribution in [0.5, 0.6) is 0 Å². The number of carbonyl (C=O) groups excluding carboxylic acids is 1. The Morgan fingerprint density at radius 3 is 2.56 bits per heavy atom. The number of nitrogens with zero attached hydrogens (tertiary/aromatic N) is 1. The third-order valence-corrected chi connectivity index (χ3v) is 6.70. The molecule has 6 heteroatoms. The van der Waals surface area contributed by atoms with Crippen LogP contribution in [0.2, 0.25) is 0 Å². The first-order valence-electron chi connectivity index (χ1n) is 8.87. The summed E-state index contributed by atoms with van der Waals surface area (Å²) in [5, 5.41) is 0. The van der Waals surface area contributed by atoms with Crippen LogP contribution < -0.4 is 4.72 Å². The van der Waals surface area contributed by atoms with E-state index >= 15 is 0 Å². The van der Waals surface area contributed by atoms with Gasteiger partial charge in [-0.3, -0.25) is 4.79 Å². The summed E-state index contributed by atoms with van der Waals surface area (Å²) in [6.45, 7) is 0.740. The van der Waals surface area contributed by atoms with Gasteiger partial charge in [-0.1, -0.05) is 18.8 Å². The lowest BCUT2D eigenvalue weighted by Gasteiger charge is -2.44. The van der Waals surface area contributed by atoms with Gasteiger partial charge in [0.25, 0.3) is 5.91 Å². The second-order valence-corrected chi connectivity index (χ2v) is 8.57. The number of amides is 1. The first-order valence-corrected chi connectivity index (χ1v) is 10.4. The smallest absolute Gasteiger partial charge is 0.254 e. The van der Waals surface area contributed by atoms with Gasteiger partial charge in [0.15, 0.2) is 0 Å². The summed E-state index contributed by atoms with van der Waals surface area (Å²) >= 11 is 0. The number of carbonyl (C=O) groups is 1. The van der Waals surface area contributed by atoms with Crippen LogP contribution in [0.15, 0.2) is 29.2 Å². The van der Waals surface area contributed by atoms with Crippen LogP contribution in [0.3, 0.4) is 0 Å². The van der Waals surface area contributed by atoms with Crippen molar-refractivity contribution < 1.29 is 13.2 Å². The van der Waals surface area contributed by atoms with E-state index in [0.29, 0.717) is 17.5 Å². The molecular formula is C19H24N2O3S. The highest BCUT2D eigenvalue weighted by atomic mass is 32.2. The highest BCUT2D eigenvalue weighted by Crippen LogP contribution is 2.35. The molecule has 2 atom stereocenters. The van der Waals surface area contributed by atoms with E-state index in [0.717, 1.165) is 19.4 Å². The number of rotatable bonds is 4. The molecular weight excluding hydrogens is 336 g/mol. The van der Waals surface area contributed by atoms with E-state index in [2.05, 4.69) is 10.6 Å². The third-order valence-electron chi connectivity index (χ3n) is 5.28. The molecule has 1 aliphatic carbocycles.